The predicted molar refractivity (Wildman–Crippen MR) is 72.9 cm³/mol. The predicted octanol–water partition coefficient (Wildman–Crippen LogP) is 0.760. The highest BCUT2D eigenvalue weighted by molar-refractivity contribution is 7.58. The molecule has 20 heavy (non-hydrogen) atoms. The molecule has 2 unspecified atom stereocenters. The molecule has 1 rings (SSSR count). The SMILES string of the molecule is NCCCP(=O)(O)C(O)c1ccc(OCC(=O)O)cc1. The summed E-state index contributed by atoms with van der Waals surface area (Å²) in [7, 11) is -3.73. The number of hydrogen-bond acceptors (Lipinski definition) is 5. The zero-order valence-electron chi connectivity index (χ0n) is 10.8. The van der Waals surface area contributed by atoms with E-state index >= 15 is 0 Å². The summed E-state index contributed by atoms with van der Waals surface area (Å²) in [5.74, 6) is -2.28. The number of aliphatic hydroxyl groups is 1. The van der Waals surface area contributed by atoms with E-state index in [1.807, 2.05) is 0 Å². The number of nitrogens with two attached hydrogens (primary N) is 1. The van der Waals surface area contributed by atoms with E-state index in [1.54, 1.807) is 0 Å². The first-order valence-electron chi connectivity index (χ1n) is 6.01. The normalized spacial score (nSPS) is 15.3. The van der Waals surface area contributed by atoms with Gasteiger partial charge in [0.25, 0.3) is 0 Å². The van der Waals surface area contributed by atoms with Gasteiger partial charge in [-0.3, -0.25) is 4.57 Å². The van der Waals surface area contributed by atoms with Crippen LogP contribution in [0.25, 0.3) is 0 Å². The molecule has 2 atom stereocenters. The van der Waals surface area contributed by atoms with Crippen LogP contribution in [0.1, 0.15) is 17.8 Å². The number of benzene rings is 1. The van der Waals surface area contributed by atoms with Crippen LogP contribution in [-0.4, -0.2) is 40.4 Å². The number of carbonyl (C=O) groups is 1. The number of aliphatic hydroxyl groups excluding tert-OH is 1. The van der Waals surface area contributed by atoms with Gasteiger partial charge in [-0.2, -0.15) is 0 Å². The smallest absolute Gasteiger partial charge is 0.341 e. The molecule has 0 amide bonds. The Bertz CT molecular complexity index is 489. The topological polar surface area (TPSA) is 130 Å². The highest BCUT2D eigenvalue weighted by Crippen LogP contribution is 2.54. The fraction of sp³-hybridized carbons (Fsp3) is 0.417. The minimum absolute atomic E-state index is 0.0536. The number of carboxylic acids is 1. The van der Waals surface area contributed by atoms with Crippen molar-refractivity contribution >= 4 is 13.3 Å². The molecule has 1 aromatic rings. The first-order chi connectivity index (χ1) is 9.36. The highest BCUT2D eigenvalue weighted by Gasteiger charge is 2.29. The molecule has 0 fully saturated rings. The maximum atomic E-state index is 11.9. The molecule has 0 heterocycles. The van der Waals surface area contributed by atoms with E-state index in [0.717, 1.165) is 0 Å². The summed E-state index contributed by atoms with van der Waals surface area (Å²) < 4.78 is 16.8. The van der Waals surface area contributed by atoms with Gasteiger partial charge in [0.2, 0.25) is 7.37 Å². The van der Waals surface area contributed by atoms with Crippen molar-refractivity contribution < 1.29 is 29.2 Å². The summed E-state index contributed by atoms with van der Waals surface area (Å²) in [5, 5.41) is 18.4. The van der Waals surface area contributed by atoms with E-state index < -0.39 is 25.8 Å². The molecule has 0 aliphatic heterocycles. The number of rotatable bonds is 8. The van der Waals surface area contributed by atoms with Crippen molar-refractivity contribution in [3.8, 4) is 5.75 Å². The van der Waals surface area contributed by atoms with Crippen LogP contribution in [0.3, 0.4) is 0 Å². The summed E-state index contributed by atoms with van der Waals surface area (Å²) in [6.45, 7) is -0.198. The molecule has 0 aliphatic carbocycles. The lowest BCUT2D eigenvalue weighted by Crippen LogP contribution is -2.09. The third-order valence-corrected chi connectivity index (χ3v) is 4.62. The molecular weight excluding hydrogens is 285 g/mol. The monoisotopic (exact) mass is 303 g/mol. The lowest BCUT2D eigenvalue weighted by atomic mass is 10.2. The van der Waals surface area contributed by atoms with Gasteiger partial charge in [0.1, 0.15) is 5.75 Å². The van der Waals surface area contributed by atoms with Crippen molar-refractivity contribution in [2.24, 2.45) is 5.73 Å². The molecule has 0 radical (unpaired) electrons. The Kier molecular flexibility index (Phi) is 6.16. The molecule has 0 saturated carbocycles. The van der Waals surface area contributed by atoms with Crippen molar-refractivity contribution in [2.75, 3.05) is 19.3 Å². The van der Waals surface area contributed by atoms with E-state index in [0.29, 0.717) is 12.2 Å². The summed E-state index contributed by atoms with van der Waals surface area (Å²) in [6.07, 6.45) is 0.298. The van der Waals surface area contributed by atoms with Gasteiger partial charge in [-0.15, -0.1) is 0 Å². The second kappa shape index (κ2) is 7.40. The molecule has 0 aliphatic rings. The van der Waals surface area contributed by atoms with Gasteiger partial charge in [0.15, 0.2) is 12.5 Å². The van der Waals surface area contributed by atoms with Crippen LogP contribution < -0.4 is 10.5 Å². The quantitative estimate of drug-likeness (QED) is 0.521. The first-order valence-corrected chi connectivity index (χ1v) is 7.92. The number of aliphatic carboxylic acids is 1. The van der Waals surface area contributed by atoms with Crippen molar-refractivity contribution in [3.05, 3.63) is 29.8 Å². The van der Waals surface area contributed by atoms with Crippen LogP contribution in [-0.2, 0) is 9.36 Å². The average molecular weight is 303 g/mol. The van der Waals surface area contributed by atoms with Gasteiger partial charge in [-0.05, 0) is 30.7 Å². The molecule has 8 heteroatoms. The number of carboxylic acid groups (broad SMARTS) is 1. The molecular formula is C12H18NO6P. The number of hydrogen-bond donors (Lipinski definition) is 4. The zero-order valence-corrected chi connectivity index (χ0v) is 11.7. The third-order valence-electron chi connectivity index (χ3n) is 2.61. The van der Waals surface area contributed by atoms with Crippen LogP contribution in [0.5, 0.6) is 5.75 Å². The Morgan fingerprint density at radius 3 is 2.45 bits per heavy atom. The lowest BCUT2D eigenvalue weighted by molar-refractivity contribution is -0.139. The summed E-state index contributed by atoms with van der Waals surface area (Å²) in [4.78, 5) is 20.1. The number of ether oxygens (including phenoxy) is 1. The molecule has 5 N–H and O–H groups in total. The van der Waals surface area contributed by atoms with E-state index in [9.17, 15) is 19.4 Å². The molecule has 0 saturated heterocycles. The Labute approximate surface area is 116 Å². The first kappa shape index (κ1) is 16.7. The summed E-state index contributed by atoms with van der Waals surface area (Å²) in [6, 6.07) is 5.72. The second-order valence-electron chi connectivity index (χ2n) is 4.25. The minimum atomic E-state index is -3.73. The average Bonchev–Trinajstić information content (AvgIpc) is 2.42. The van der Waals surface area contributed by atoms with Gasteiger partial charge in [0, 0.05) is 6.16 Å². The molecule has 7 nitrogen and oxygen atoms in total. The lowest BCUT2D eigenvalue weighted by Gasteiger charge is -2.18. The van der Waals surface area contributed by atoms with E-state index in [-0.39, 0.29) is 18.3 Å². The van der Waals surface area contributed by atoms with Crippen molar-refractivity contribution in [1.29, 1.82) is 0 Å². The van der Waals surface area contributed by atoms with Crippen LogP contribution >= 0.6 is 7.37 Å². The van der Waals surface area contributed by atoms with Gasteiger partial charge < -0.3 is 25.6 Å². The summed E-state index contributed by atoms with van der Waals surface area (Å²) in [5.41, 5.74) is 5.55. The van der Waals surface area contributed by atoms with Crippen LogP contribution in [0, 0.1) is 0 Å². The van der Waals surface area contributed by atoms with Crippen LogP contribution in [0.15, 0.2) is 24.3 Å². The maximum absolute atomic E-state index is 11.9. The van der Waals surface area contributed by atoms with Gasteiger partial charge in [0.05, 0.1) is 0 Å². The summed E-state index contributed by atoms with van der Waals surface area (Å²) >= 11 is 0. The second-order valence-corrected chi connectivity index (χ2v) is 6.69. The molecule has 0 bridgehead atoms. The fourth-order valence-corrected chi connectivity index (χ4v) is 3.07. The highest BCUT2D eigenvalue weighted by atomic mass is 31.2. The Hall–Kier alpha value is -1.40. The fourth-order valence-electron chi connectivity index (χ4n) is 1.55. The van der Waals surface area contributed by atoms with Gasteiger partial charge in [-0.25, -0.2) is 4.79 Å². The van der Waals surface area contributed by atoms with Gasteiger partial charge >= 0.3 is 5.97 Å². The zero-order chi connectivity index (χ0) is 15.2. The standard InChI is InChI=1S/C12H18NO6P/c13-6-1-7-20(17,18)12(16)9-2-4-10(5-3-9)19-8-11(14)15/h2-5,12,16H,1,6-8,13H2,(H,14,15)(H,17,18). The van der Waals surface area contributed by atoms with Crippen molar-refractivity contribution in [2.45, 2.75) is 12.3 Å². The molecule has 0 spiro atoms. The van der Waals surface area contributed by atoms with Crippen molar-refractivity contribution in [3.63, 3.8) is 0 Å². The molecule has 0 aromatic heterocycles. The van der Waals surface area contributed by atoms with E-state index in [1.165, 1.54) is 24.3 Å². The molecule has 112 valence electrons. The minimum Gasteiger partial charge on any atom is -0.482 e. The van der Waals surface area contributed by atoms with E-state index in [4.69, 9.17) is 15.6 Å². The molecule has 1 aromatic carbocycles. The van der Waals surface area contributed by atoms with Crippen LogP contribution in [0.2, 0.25) is 0 Å². The third kappa shape index (κ3) is 4.94. The van der Waals surface area contributed by atoms with E-state index in [2.05, 4.69) is 0 Å². The Balaban J connectivity index is 2.72. The van der Waals surface area contributed by atoms with Gasteiger partial charge in [-0.1, -0.05) is 12.1 Å². The Morgan fingerprint density at radius 1 is 1.35 bits per heavy atom. The van der Waals surface area contributed by atoms with Crippen molar-refractivity contribution in [1.82, 2.24) is 0 Å². The largest absolute Gasteiger partial charge is 0.482 e. The maximum Gasteiger partial charge on any atom is 0.341 e. The Morgan fingerprint density at radius 2 is 1.95 bits per heavy atom. The van der Waals surface area contributed by atoms with Crippen LogP contribution in [0.4, 0.5) is 0 Å².